The Morgan fingerprint density at radius 3 is 2.85 bits per heavy atom. The van der Waals surface area contributed by atoms with E-state index in [9.17, 15) is 9.18 Å². The van der Waals surface area contributed by atoms with Gasteiger partial charge in [0.15, 0.2) is 11.6 Å². The number of carbonyl (C=O) groups is 1. The monoisotopic (exact) mass is 283 g/mol. The van der Waals surface area contributed by atoms with E-state index in [0.717, 1.165) is 13.0 Å². The third-order valence-corrected chi connectivity index (χ3v) is 3.24. The number of hydrogen-bond donors (Lipinski definition) is 2. The van der Waals surface area contributed by atoms with Crippen LogP contribution >= 0.6 is 0 Å². The molecule has 1 unspecified atom stereocenters. The van der Waals surface area contributed by atoms with E-state index in [1.54, 1.807) is 18.2 Å². The molecule has 2 N–H and O–H groups in total. The van der Waals surface area contributed by atoms with Crippen LogP contribution in [0.5, 0.6) is 5.75 Å². The standard InChI is InChI=1S/C15H22FNO3/c1-11(6-7-14(18)19)8-9-17-10-12-4-3-5-13(20-2)15(12)16/h3-5,11,17H,6-10H2,1-2H3,(H,18,19). The van der Waals surface area contributed by atoms with Gasteiger partial charge in [0.2, 0.25) is 0 Å². The zero-order chi connectivity index (χ0) is 15.0. The summed E-state index contributed by atoms with van der Waals surface area (Å²) in [6.07, 6.45) is 1.75. The minimum absolute atomic E-state index is 0.200. The molecule has 4 nitrogen and oxygen atoms in total. The second-order valence-electron chi connectivity index (χ2n) is 4.94. The van der Waals surface area contributed by atoms with Gasteiger partial charge in [0.25, 0.3) is 0 Å². The van der Waals surface area contributed by atoms with Crippen LogP contribution in [0.2, 0.25) is 0 Å². The molecule has 0 aliphatic rings. The van der Waals surface area contributed by atoms with E-state index in [-0.39, 0.29) is 18.0 Å². The minimum atomic E-state index is -0.761. The molecule has 0 aromatic heterocycles. The van der Waals surface area contributed by atoms with Gasteiger partial charge in [-0.2, -0.15) is 0 Å². The molecule has 0 amide bonds. The number of rotatable bonds is 9. The second kappa shape index (κ2) is 8.53. The molecule has 1 aromatic carbocycles. The number of halogens is 1. The van der Waals surface area contributed by atoms with Gasteiger partial charge in [-0.1, -0.05) is 19.1 Å². The van der Waals surface area contributed by atoms with E-state index >= 15 is 0 Å². The lowest BCUT2D eigenvalue weighted by atomic mass is 10.0. The number of nitrogens with one attached hydrogen (secondary N) is 1. The topological polar surface area (TPSA) is 58.6 Å². The number of aliphatic carboxylic acids is 1. The molecule has 0 radical (unpaired) electrons. The molecule has 0 spiro atoms. The first-order valence-corrected chi connectivity index (χ1v) is 6.78. The highest BCUT2D eigenvalue weighted by Gasteiger charge is 2.08. The van der Waals surface area contributed by atoms with Crippen molar-refractivity contribution in [3.8, 4) is 5.75 Å². The number of benzene rings is 1. The van der Waals surface area contributed by atoms with Gasteiger partial charge in [-0.15, -0.1) is 0 Å². The molecule has 1 atom stereocenters. The van der Waals surface area contributed by atoms with Gasteiger partial charge in [0.05, 0.1) is 7.11 Å². The Kier molecular flexibility index (Phi) is 7.01. The van der Waals surface area contributed by atoms with Crippen LogP contribution in [0.3, 0.4) is 0 Å². The lowest BCUT2D eigenvalue weighted by Crippen LogP contribution is -2.18. The average molecular weight is 283 g/mol. The van der Waals surface area contributed by atoms with Crippen LogP contribution in [0.1, 0.15) is 31.7 Å². The average Bonchev–Trinajstić information content (AvgIpc) is 2.43. The number of hydrogen-bond acceptors (Lipinski definition) is 3. The van der Waals surface area contributed by atoms with Gasteiger partial charge >= 0.3 is 5.97 Å². The van der Waals surface area contributed by atoms with Crippen molar-refractivity contribution in [2.24, 2.45) is 5.92 Å². The lowest BCUT2D eigenvalue weighted by Gasteiger charge is -2.12. The largest absolute Gasteiger partial charge is 0.494 e. The van der Waals surface area contributed by atoms with Gasteiger partial charge < -0.3 is 15.2 Å². The predicted molar refractivity (Wildman–Crippen MR) is 75.3 cm³/mol. The normalized spacial score (nSPS) is 12.2. The van der Waals surface area contributed by atoms with Crippen LogP contribution in [-0.4, -0.2) is 24.7 Å². The first kappa shape index (κ1) is 16.4. The molecule has 0 saturated heterocycles. The maximum Gasteiger partial charge on any atom is 0.303 e. The first-order chi connectivity index (χ1) is 9.54. The maximum atomic E-state index is 13.8. The SMILES string of the molecule is COc1cccc(CNCCC(C)CCC(=O)O)c1F. The van der Waals surface area contributed by atoms with Crippen molar-refractivity contribution in [3.05, 3.63) is 29.6 Å². The molecule has 20 heavy (non-hydrogen) atoms. The van der Waals surface area contributed by atoms with Crippen LogP contribution in [0.15, 0.2) is 18.2 Å². The van der Waals surface area contributed by atoms with E-state index in [1.807, 2.05) is 6.92 Å². The summed E-state index contributed by atoms with van der Waals surface area (Å²) in [5.41, 5.74) is 0.572. The smallest absolute Gasteiger partial charge is 0.303 e. The van der Waals surface area contributed by atoms with E-state index in [0.29, 0.717) is 24.4 Å². The molecular formula is C15H22FNO3. The summed E-state index contributed by atoms with van der Waals surface area (Å²) in [6, 6.07) is 5.07. The summed E-state index contributed by atoms with van der Waals surface area (Å²) < 4.78 is 18.8. The zero-order valence-corrected chi connectivity index (χ0v) is 12.0. The molecule has 112 valence electrons. The summed E-state index contributed by atoms with van der Waals surface area (Å²) in [5, 5.41) is 11.8. The van der Waals surface area contributed by atoms with Crippen molar-refractivity contribution >= 4 is 5.97 Å². The van der Waals surface area contributed by atoms with Crippen molar-refractivity contribution < 1.29 is 19.0 Å². The maximum absolute atomic E-state index is 13.8. The van der Waals surface area contributed by atoms with Gasteiger partial charge in [-0.3, -0.25) is 4.79 Å². The molecule has 1 rings (SSSR count). The van der Waals surface area contributed by atoms with Gasteiger partial charge in [0, 0.05) is 18.5 Å². The molecular weight excluding hydrogens is 261 g/mol. The summed E-state index contributed by atoms with van der Waals surface area (Å²) >= 11 is 0. The Labute approximate surface area is 119 Å². The summed E-state index contributed by atoms with van der Waals surface area (Å²) in [7, 11) is 1.44. The lowest BCUT2D eigenvalue weighted by molar-refractivity contribution is -0.137. The molecule has 0 aliphatic heterocycles. The van der Waals surface area contributed by atoms with E-state index in [1.165, 1.54) is 7.11 Å². The van der Waals surface area contributed by atoms with E-state index in [2.05, 4.69) is 5.32 Å². The molecule has 0 heterocycles. The van der Waals surface area contributed by atoms with Gasteiger partial charge in [-0.05, 0) is 31.4 Å². The third kappa shape index (κ3) is 5.57. The molecule has 0 saturated carbocycles. The molecule has 0 fully saturated rings. The number of carboxylic acids is 1. The van der Waals surface area contributed by atoms with Crippen LogP contribution in [0.25, 0.3) is 0 Å². The quantitative estimate of drug-likeness (QED) is 0.684. The number of methoxy groups -OCH3 is 1. The first-order valence-electron chi connectivity index (χ1n) is 6.78. The Morgan fingerprint density at radius 1 is 1.45 bits per heavy atom. The zero-order valence-electron chi connectivity index (χ0n) is 12.0. The summed E-state index contributed by atoms with van der Waals surface area (Å²) in [6.45, 7) is 3.20. The number of ether oxygens (including phenoxy) is 1. The van der Waals surface area contributed by atoms with Gasteiger partial charge in [0.1, 0.15) is 0 Å². The highest BCUT2D eigenvalue weighted by molar-refractivity contribution is 5.66. The molecule has 0 aliphatic carbocycles. The summed E-state index contributed by atoms with van der Waals surface area (Å²) in [4.78, 5) is 10.4. The van der Waals surface area contributed by atoms with Crippen molar-refractivity contribution in [2.75, 3.05) is 13.7 Å². The highest BCUT2D eigenvalue weighted by atomic mass is 19.1. The molecule has 1 aromatic rings. The van der Waals surface area contributed by atoms with Crippen molar-refractivity contribution in [1.82, 2.24) is 5.32 Å². The van der Waals surface area contributed by atoms with Crippen molar-refractivity contribution in [1.29, 1.82) is 0 Å². The summed E-state index contributed by atoms with van der Waals surface area (Å²) in [5.74, 6) is -0.502. The van der Waals surface area contributed by atoms with Crippen LogP contribution in [-0.2, 0) is 11.3 Å². The fourth-order valence-electron chi connectivity index (χ4n) is 1.94. The van der Waals surface area contributed by atoms with E-state index in [4.69, 9.17) is 9.84 Å². The molecule has 5 heteroatoms. The van der Waals surface area contributed by atoms with Crippen molar-refractivity contribution in [3.63, 3.8) is 0 Å². The highest BCUT2D eigenvalue weighted by Crippen LogP contribution is 2.19. The Balaban J connectivity index is 2.29. The second-order valence-corrected chi connectivity index (χ2v) is 4.94. The molecule has 0 bridgehead atoms. The minimum Gasteiger partial charge on any atom is -0.494 e. The van der Waals surface area contributed by atoms with Crippen LogP contribution in [0, 0.1) is 11.7 Å². The number of carboxylic acid groups (broad SMARTS) is 1. The van der Waals surface area contributed by atoms with Gasteiger partial charge in [-0.25, -0.2) is 4.39 Å². The Bertz CT molecular complexity index is 437. The van der Waals surface area contributed by atoms with Crippen molar-refractivity contribution in [2.45, 2.75) is 32.7 Å². The van der Waals surface area contributed by atoms with Crippen LogP contribution < -0.4 is 10.1 Å². The predicted octanol–water partition coefficient (Wildman–Crippen LogP) is 2.81. The van der Waals surface area contributed by atoms with E-state index < -0.39 is 5.97 Å². The fourth-order valence-corrected chi connectivity index (χ4v) is 1.94. The fraction of sp³-hybridized carbons (Fsp3) is 0.533. The third-order valence-electron chi connectivity index (χ3n) is 3.24. The Morgan fingerprint density at radius 2 is 2.20 bits per heavy atom. The Hall–Kier alpha value is -1.62. The van der Waals surface area contributed by atoms with Crippen LogP contribution in [0.4, 0.5) is 4.39 Å².